The number of anilines is 2. The molecule has 0 amide bonds. The van der Waals surface area contributed by atoms with Gasteiger partial charge < -0.3 is 14.2 Å². The molecule has 0 radical (unpaired) electrons. The van der Waals surface area contributed by atoms with Gasteiger partial charge in [-0.2, -0.15) is 4.98 Å². The minimum absolute atomic E-state index is 0.251. The van der Waals surface area contributed by atoms with Crippen LogP contribution in [0.25, 0.3) is 11.2 Å². The van der Waals surface area contributed by atoms with Gasteiger partial charge in [0.25, 0.3) is 5.56 Å². The number of aryl methyl sites for hydroxylation is 2. The Morgan fingerprint density at radius 1 is 1.14 bits per heavy atom. The minimum atomic E-state index is -0.311. The van der Waals surface area contributed by atoms with Crippen molar-refractivity contribution in [1.82, 2.24) is 18.7 Å². The van der Waals surface area contributed by atoms with Crippen LogP contribution >= 0.6 is 0 Å². The predicted octanol–water partition coefficient (Wildman–Crippen LogP) is 2.49. The average Bonchev–Trinajstić information content (AvgIpc) is 3.12. The molecule has 1 aromatic carbocycles. The Kier molecular flexibility index (Phi) is 4.94. The number of fused-ring (bicyclic) bond motifs is 3. The van der Waals surface area contributed by atoms with Gasteiger partial charge in [-0.25, -0.2) is 4.79 Å². The van der Waals surface area contributed by atoms with Gasteiger partial charge in [-0.3, -0.25) is 13.9 Å². The number of imidazole rings is 1. The van der Waals surface area contributed by atoms with Crippen LogP contribution in [0.2, 0.25) is 0 Å². The molecule has 0 unspecified atom stereocenters. The van der Waals surface area contributed by atoms with Crippen LogP contribution in [0, 0.1) is 5.92 Å². The maximum Gasteiger partial charge on any atom is 0.332 e. The van der Waals surface area contributed by atoms with Crippen molar-refractivity contribution in [3.05, 3.63) is 45.1 Å². The lowest BCUT2D eigenvalue weighted by Crippen LogP contribution is -2.40. The lowest BCUT2D eigenvalue weighted by molar-refractivity contribution is 0.415. The summed E-state index contributed by atoms with van der Waals surface area (Å²) in [6.07, 6.45) is 1.67. The molecule has 3 heterocycles. The van der Waals surface area contributed by atoms with E-state index in [-0.39, 0.29) is 11.2 Å². The fourth-order valence-corrected chi connectivity index (χ4v) is 3.86. The van der Waals surface area contributed by atoms with Crippen LogP contribution in [0.5, 0.6) is 5.75 Å². The first-order valence-electron chi connectivity index (χ1n) is 10.0. The lowest BCUT2D eigenvalue weighted by atomic mass is 10.1. The Morgan fingerprint density at radius 2 is 1.86 bits per heavy atom. The van der Waals surface area contributed by atoms with Crippen molar-refractivity contribution in [2.24, 2.45) is 13.0 Å². The number of ether oxygens (including phenoxy) is 1. The second-order valence-corrected chi connectivity index (χ2v) is 7.92. The van der Waals surface area contributed by atoms with E-state index in [1.165, 1.54) is 9.13 Å². The van der Waals surface area contributed by atoms with Crippen molar-refractivity contribution in [2.45, 2.75) is 39.8 Å². The molecule has 0 saturated carbocycles. The highest BCUT2D eigenvalue weighted by Gasteiger charge is 2.27. The number of methoxy groups -OCH3 is 1. The number of hydrogen-bond acceptors (Lipinski definition) is 5. The summed E-state index contributed by atoms with van der Waals surface area (Å²) < 4.78 is 10.1. The van der Waals surface area contributed by atoms with Crippen LogP contribution in [0.1, 0.15) is 26.7 Å². The molecule has 0 spiro atoms. The SMILES string of the molecule is COc1ccc(N2CCCn3c2nc2c3c(=O)n(CCC(C)C)c(=O)n2C)cc1. The topological polar surface area (TPSA) is 74.3 Å². The van der Waals surface area contributed by atoms with Crippen molar-refractivity contribution in [1.29, 1.82) is 0 Å². The average molecular weight is 397 g/mol. The largest absolute Gasteiger partial charge is 0.497 e. The summed E-state index contributed by atoms with van der Waals surface area (Å²) in [4.78, 5) is 32.8. The van der Waals surface area contributed by atoms with Gasteiger partial charge in [-0.1, -0.05) is 13.8 Å². The second kappa shape index (κ2) is 7.42. The highest BCUT2D eigenvalue weighted by atomic mass is 16.5. The molecule has 3 aromatic rings. The summed E-state index contributed by atoms with van der Waals surface area (Å²) in [6, 6.07) is 7.78. The fourth-order valence-electron chi connectivity index (χ4n) is 3.86. The Hall–Kier alpha value is -3.03. The van der Waals surface area contributed by atoms with E-state index < -0.39 is 0 Å². The van der Waals surface area contributed by atoms with Crippen molar-refractivity contribution in [3.63, 3.8) is 0 Å². The lowest BCUT2D eigenvalue weighted by Gasteiger charge is -2.29. The van der Waals surface area contributed by atoms with E-state index in [0.29, 0.717) is 36.1 Å². The summed E-state index contributed by atoms with van der Waals surface area (Å²) in [7, 11) is 3.33. The van der Waals surface area contributed by atoms with E-state index >= 15 is 0 Å². The summed E-state index contributed by atoms with van der Waals surface area (Å²) in [5, 5.41) is 0. The first-order chi connectivity index (χ1) is 13.9. The number of aromatic nitrogens is 4. The molecule has 154 valence electrons. The van der Waals surface area contributed by atoms with Crippen molar-refractivity contribution in [3.8, 4) is 5.75 Å². The smallest absolute Gasteiger partial charge is 0.332 e. The van der Waals surface area contributed by atoms with Crippen molar-refractivity contribution in [2.75, 3.05) is 18.6 Å². The van der Waals surface area contributed by atoms with Gasteiger partial charge in [0.2, 0.25) is 5.95 Å². The molecular weight excluding hydrogens is 370 g/mol. The molecule has 0 fully saturated rings. The van der Waals surface area contributed by atoms with Gasteiger partial charge in [0, 0.05) is 32.4 Å². The summed E-state index contributed by atoms with van der Waals surface area (Å²) in [5.41, 5.74) is 1.36. The van der Waals surface area contributed by atoms with Gasteiger partial charge in [0.1, 0.15) is 5.75 Å². The van der Waals surface area contributed by atoms with Gasteiger partial charge in [-0.15, -0.1) is 0 Å². The molecular formula is C21H27N5O3. The quantitative estimate of drug-likeness (QED) is 0.661. The summed E-state index contributed by atoms with van der Waals surface area (Å²) in [5.74, 6) is 1.90. The number of benzene rings is 1. The first kappa shape index (κ1) is 19.3. The van der Waals surface area contributed by atoms with Crippen LogP contribution in [-0.4, -0.2) is 32.3 Å². The maximum atomic E-state index is 13.2. The van der Waals surface area contributed by atoms with Crippen LogP contribution < -0.4 is 20.9 Å². The van der Waals surface area contributed by atoms with E-state index in [4.69, 9.17) is 9.72 Å². The standard InChI is InChI=1S/C21H27N5O3/c1-14(2)10-13-26-19(27)17-18(23(3)21(26)28)22-20-24(11-5-12-25(17)20)15-6-8-16(29-4)9-7-15/h6-9,14H,5,10-13H2,1-4H3. The van der Waals surface area contributed by atoms with Crippen LogP contribution in [0.4, 0.5) is 11.6 Å². The summed E-state index contributed by atoms with van der Waals surface area (Å²) >= 11 is 0. The van der Waals surface area contributed by atoms with Gasteiger partial charge in [0.05, 0.1) is 7.11 Å². The zero-order chi connectivity index (χ0) is 20.7. The molecule has 2 aromatic heterocycles. The zero-order valence-corrected chi connectivity index (χ0v) is 17.4. The highest BCUT2D eigenvalue weighted by molar-refractivity contribution is 5.77. The molecule has 0 aliphatic carbocycles. The molecule has 8 heteroatoms. The molecule has 0 N–H and O–H groups in total. The van der Waals surface area contributed by atoms with Crippen LogP contribution in [-0.2, 0) is 20.1 Å². The van der Waals surface area contributed by atoms with Crippen molar-refractivity contribution < 1.29 is 4.74 Å². The third-order valence-electron chi connectivity index (χ3n) is 5.53. The van der Waals surface area contributed by atoms with Gasteiger partial charge in [-0.05, 0) is 43.0 Å². The Bertz CT molecular complexity index is 1150. The Balaban J connectivity index is 1.87. The van der Waals surface area contributed by atoms with Gasteiger partial charge in [0.15, 0.2) is 11.2 Å². The number of rotatable bonds is 5. The molecule has 4 rings (SSSR count). The molecule has 0 atom stereocenters. The highest BCUT2D eigenvalue weighted by Crippen LogP contribution is 2.31. The minimum Gasteiger partial charge on any atom is -0.497 e. The third-order valence-corrected chi connectivity index (χ3v) is 5.53. The maximum absolute atomic E-state index is 13.2. The Labute approximate surface area is 169 Å². The fraction of sp³-hybridized carbons (Fsp3) is 0.476. The van der Waals surface area contributed by atoms with E-state index in [9.17, 15) is 9.59 Å². The molecule has 0 bridgehead atoms. The van der Waals surface area contributed by atoms with E-state index in [0.717, 1.165) is 30.8 Å². The van der Waals surface area contributed by atoms with Gasteiger partial charge >= 0.3 is 5.69 Å². The van der Waals surface area contributed by atoms with Crippen LogP contribution in [0.3, 0.4) is 0 Å². The number of hydrogen-bond donors (Lipinski definition) is 0. The van der Waals surface area contributed by atoms with E-state index in [2.05, 4.69) is 18.7 Å². The normalized spacial score (nSPS) is 13.9. The first-order valence-corrected chi connectivity index (χ1v) is 10.0. The number of nitrogens with zero attached hydrogens (tertiary/aromatic N) is 5. The molecule has 0 saturated heterocycles. The summed E-state index contributed by atoms with van der Waals surface area (Å²) in [6.45, 7) is 6.09. The van der Waals surface area contributed by atoms with E-state index in [1.54, 1.807) is 14.2 Å². The Morgan fingerprint density at radius 3 is 2.52 bits per heavy atom. The zero-order valence-electron chi connectivity index (χ0n) is 17.4. The third kappa shape index (κ3) is 3.22. The van der Waals surface area contributed by atoms with E-state index in [1.807, 2.05) is 28.8 Å². The monoisotopic (exact) mass is 397 g/mol. The second-order valence-electron chi connectivity index (χ2n) is 7.92. The predicted molar refractivity (Wildman–Crippen MR) is 113 cm³/mol. The molecule has 8 nitrogen and oxygen atoms in total. The van der Waals surface area contributed by atoms with Crippen LogP contribution in [0.15, 0.2) is 33.9 Å². The van der Waals surface area contributed by atoms with Crippen molar-refractivity contribution >= 4 is 22.8 Å². The molecule has 29 heavy (non-hydrogen) atoms. The molecule has 1 aliphatic rings. The molecule has 1 aliphatic heterocycles.